The van der Waals surface area contributed by atoms with E-state index in [4.69, 9.17) is 0 Å². The van der Waals surface area contributed by atoms with Crippen LogP contribution in [0.3, 0.4) is 0 Å². The van der Waals surface area contributed by atoms with Crippen molar-refractivity contribution in [2.75, 3.05) is 30.5 Å². The number of non-ortho nitro benzene ring substituents is 1. The van der Waals surface area contributed by atoms with Crippen molar-refractivity contribution in [1.82, 2.24) is 4.90 Å². The van der Waals surface area contributed by atoms with Gasteiger partial charge in [-0.3, -0.25) is 14.4 Å². The van der Waals surface area contributed by atoms with Crippen LogP contribution >= 0.6 is 0 Å². The highest BCUT2D eigenvalue weighted by atomic mass is 32.2. The van der Waals surface area contributed by atoms with Crippen molar-refractivity contribution in [3.05, 3.63) is 64.2 Å². The van der Waals surface area contributed by atoms with Gasteiger partial charge >= 0.3 is 0 Å². The van der Waals surface area contributed by atoms with E-state index in [1.54, 1.807) is 12.1 Å². The van der Waals surface area contributed by atoms with Crippen molar-refractivity contribution in [3.8, 4) is 0 Å². The summed E-state index contributed by atoms with van der Waals surface area (Å²) in [6.45, 7) is 4.01. The van der Waals surface area contributed by atoms with Gasteiger partial charge in [0.05, 0.1) is 28.2 Å². The Morgan fingerprint density at radius 3 is 2.23 bits per heavy atom. The Hall–Kier alpha value is -2.49. The molecular weight excluding hydrogens is 406 g/mol. The number of hydrogen-bond donors (Lipinski definition) is 1. The number of aryl methyl sites for hydroxylation is 1. The van der Waals surface area contributed by atoms with Gasteiger partial charge in [0, 0.05) is 18.7 Å². The quantitative estimate of drug-likeness (QED) is 0.507. The smallest absolute Gasteiger partial charge is 0.269 e. The minimum atomic E-state index is -4.01. The van der Waals surface area contributed by atoms with Crippen LogP contribution in [0.5, 0.6) is 0 Å². The van der Waals surface area contributed by atoms with Crippen LogP contribution in [-0.4, -0.2) is 55.6 Å². The van der Waals surface area contributed by atoms with E-state index in [9.17, 15) is 23.6 Å². The molecule has 0 radical (unpaired) electrons. The molecule has 1 N–H and O–H groups in total. The first kappa shape index (κ1) is 22.2. The first-order valence-electron chi connectivity index (χ1n) is 10.0. The number of likely N-dealkylation sites (tertiary alicyclic amines) is 1. The molecule has 1 aliphatic heterocycles. The predicted octanol–water partition coefficient (Wildman–Crippen LogP) is 2.95. The molecule has 1 heterocycles. The number of aliphatic hydroxyl groups excluding tert-OH is 1. The van der Waals surface area contributed by atoms with E-state index in [1.807, 2.05) is 19.1 Å². The third-order valence-electron chi connectivity index (χ3n) is 5.25. The molecule has 0 saturated carbocycles. The normalized spacial score (nSPS) is 16.2. The number of piperidine rings is 1. The molecule has 1 fully saturated rings. The minimum Gasteiger partial charge on any atom is -0.390 e. The summed E-state index contributed by atoms with van der Waals surface area (Å²) in [5.41, 5.74) is 1.25. The Balaban J connectivity index is 1.87. The molecule has 0 unspecified atom stereocenters. The molecule has 0 spiro atoms. The predicted molar refractivity (Wildman–Crippen MR) is 115 cm³/mol. The Bertz CT molecular complexity index is 955. The number of sulfonamides is 1. The van der Waals surface area contributed by atoms with Gasteiger partial charge in [0.1, 0.15) is 0 Å². The third-order valence-corrected chi connectivity index (χ3v) is 7.06. The number of benzene rings is 2. The molecule has 30 heavy (non-hydrogen) atoms. The van der Waals surface area contributed by atoms with Crippen molar-refractivity contribution in [1.29, 1.82) is 0 Å². The van der Waals surface area contributed by atoms with E-state index in [2.05, 4.69) is 4.90 Å². The van der Waals surface area contributed by atoms with Crippen molar-refractivity contribution >= 4 is 21.4 Å². The molecular formula is C21H27N3O5S. The van der Waals surface area contributed by atoms with Crippen molar-refractivity contribution < 1.29 is 18.4 Å². The van der Waals surface area contributed by atoms with Crippen molar-refractivity contribution in [2.24, 2.45) is 0 Å². The molecule has 0 bridgehead atoms. The van der Waals surface area contributed by atoms with E-state index in [-0.39, 0.29) is 17.1 Å². The highest BCUT2D eigenvalue weighted by molar-refractivity contribution is 7.92. The maximum absolute atomic E-state index is 13.4. The summed E-state index contributed by atoms with van der Waals surface area (Å²) in [4.78, 5) is 12.4. The van der Waals surface area contributed by atoms with Gasteiger partial charge in [-0.2, -0.15) is 0 Å². The van der Waals surface area contributed by atoms with Gasteiger partial charge in [0.2, 0.25) is 0 Å². The summed E-state index contributed by atoms with van der Waals surface area (Å²) >= 11 is 0. The standard InChI is InChI=1S/C21H27N3O5S/c1-17-5-7-18(8-6-17)23(16-20(25)15-22-13-3-2-4-14-22)30(28,29)21-11-9-19(10-12-21)24(26)27/h5-12,20,25H,2-4,13-16H2,1H3/t20-/m0/s1. The molecule has 0 amide bonds. The van der Waals surface area contributed by atoms with Gasteiger partial charge < -0.3 is 10.0 Å². The zero-order valence-corrected chi connectivity index (χ0v) is 17.8. The minimum absolute atomic E-state index is 0.0566. The summed E-state index contributed by atoms with van der Waals surface area (Å²) < 4.78 is 27.9. The first-order chi connectivity index (χ1) is 14.3. The molecule has 0 aliphatic carbocycles. The van der Waals surface area contributed by atoms with Crippen LogP contribution in [0.1, 0.15) is 24.8 Å². The molecule has 1 saturated heterocycles. The lowest BCUT2D eigenvalue weighted by atomic mass is 10.1. The maximum atomic E-state index is 13.4. The summed E-state index contributed by atoms with van der Waals surface area (Å²) in [6.07, 6.45) is 2.47. The second-order valence-corrected chi connectivity index (χ2v) is 9.50. The molecule has 3 rings (SSSR count). The monoisotopic (exact) mass is 433 g/mol. The number of hydrogen-bond acceptors (Lipinski definition) is 6. The molecule has 2 aromatic rings. The SMILES string of the molecule is Cc1ccc(N(C[C@@H](O)CN2CCCCC2)S(=O)(=O)c2ccc([N+](=O)[O-])cc2)cc1. The van der Waals surface area contributed by atoms with Crippen molar-refractivity contribution in [3.63, 3.8) is 0 Å². The van der Waals surface area contributed by atoms with Gasteiger partial charge in [-0.25, -0.2) is 8.42 Å². The fourth-order valence-electron chi connectivity index (χ4n) is 3.61. The summed E-state index contributed by atoms with van der Waals surface area (Å²) in [7, 11) is -4.01. The zero-order valence-electron chi connectivity index (χ0n) is 17.0. The fourth-order valence-corrected chi connectivity index (χ4v) is 5.11. The number of anilines is 1. The Labute approximate surface area is 176 Å². The van der Waals surface area contributed by atoms with Gasteiger partial charge in [-0.1, -0.05) is 24.1 Å². The number of nitrogens with zero attached hydrogens (tertiary/aromatic N) is 3. The third kappa shape index (κ3) is 5.35. The molecule has 2 aromatic carbocycles. The maximum Gasteiger partial charge on any atom is 0.269 e. The van der Waals surface area contributed by atoms with Gasteiger partial charge in [-0.15, -0.1) is 0 Å². The van der Waals surface area contributed by atoms with Crippen LogP contribution in [0.15, 0.2) is 53.4 Å². The summed E-state index contributed by atoms with van der Waals surface area (Å²) in [5, 5.41) is 21.6. The van der Waals surface area contributed by atoms with E-state index in [0.29, 0.717) is 12.2 Å². The number of rotatable bonds is 8. The van der Waals surface area contributed by atoms with Crippen LogP contribution < -0.4 is 4.31 Å². The number of nitro groups is 1. The number of β-amino-alcohol motifs (C(OH)–C–C–N with tert-alkyl or cyclic N) is 1. The van der Waals surface area contributed by atoms with E-state index in [1.165, 1.54) is 35.0 Å². The Kier molecular flexibility index (Phi) is 7.06. The molecule has 1 atom stereocenters. The Morgan fingerprint density at radius 2 is 1.67 bits per heavy atom. The first-order valence-corrected chi connectivity index (χ1v) is 11.5. The highest BCUT2D eigenvalue weighted by Gasteiger charge is 2.28. The largest absolute Gasteiger partial charge is 0.390 e. The average molecular weight is 434 g/mol. The van der Waals surface area contributed by atoms with Crippen LogP contribution in [-0.2, 0) is 10.0 Å². The molecule has 0 aromatic heterocycles. The lowest BCUT2D eigenvalue weighted by Crippen LogP contribution is -2.44. The van der Waals surface area contributed by atoms with Gasteiger partial charge in [0.15, 0.2) is 0 Å². The average Bonchev–Trinajstić information content (AvgIpc) is 2.73. The fraction of sp³-hybridized carbons (Fsp3) is 0.429. The van der Waals surface area contributed by atoms with Gasteiger partial charge in [-0.05, 0) is 57.1 Å². The topological polar surface area (TPSA) is 104 Å². The van der Waals surface area contributed by atoms with E-state index >= 15 is 0 Å². The highest BCUT2D eigenvalue weighted by Crippen LogP contribution is 2.26. The zero-order chi connectivity index (χ0) is 21.7. The molecule has 162 valence electrons. The van der Waals surface area contributed by atoms with Crippen LogP contribution in [0.4, 0.5) is 11.4 Å². The molecule has 9 heteroatoms. The van der Waals surface area contributed by atoms with Crippen LogP contribution in [0, 0.1) is 17.0 Å². The van der Waals surface area contributed by atoms with Crippen LogP contribution in [0.25, 0.3) is 0 Å². The molecule has 1 aliphatic rings. The lowest BCUT2D eigenvalue weighted by molar-refractivity contribution is -0.384. The number of nitro benzene ring substituents is 1. The lowest BCUT2D eigenvalue weighted by Gasteiger charge is -2.31. The second kappa shape index (κ2) is 9.55. The Morgan fingerprint density at radius 1 is 1.07 bits per heavy atom. The van der Waals surface area contributed by atoms with Gasteiger partial charge in [0.25, 0.3) is 15.7 Å². The summed E-state index contributed by atoms with van der Waals surface area (Å²) in [5.74, 6) is 0. The van der Waals surface area contributed by atoms with Crippen LogP contribution in [0.2, 0.25) is 0 Å². The van der Waals surface area contributed by atoms with Crippen molar-refractivity contribution in [2.45, 2.75) is 37.2 Å². The van der Waals surface area contributed by atoms with E-state index in [0.717, 1.165) is 31.5 Å². The molecule has 8 nitrogen and oxygen atoms in total. The second-order valence-electron chi connectivity index (χ2n) is 7.64. The number of aliphatic hydroxyl groups is 1. The van der Waals surface area contributed by atoms with E-state index < -0.39 is 21.1 Å². The summed E-state index contributed by atoms with van der Waals surface area (Å²) in [6, 6.07) is 11.8.